The summed E-state index contributed by atoms with van der Waals surface area (Å²) in [5.74, 6) is 1.15. The molecule has 3 N–H and O–H groups in total. The predicted octanol–water partition coefficient (Wildman–Crippen LogP) is 6.60. The van der Waals surface area contributed by atoms with E-state index >= 15 is 0 Å². The standard InChI is InChI=1S/C26H32N2O2S.CH5N/c1-8-19-15-21(17(5)14-23(19)29)18(6)28(25(31)9-2)22-10-11-24(30-7)26-20(22)12-13-27(26)16(3)4;1-2/h10-16,29H,6,8-9H2,1-5,7H3;2H2,1H3. The quantitative estimate of drug-likeness (QED) is 0.383. The number of fused-ring (bicyclic) bond motifs is 1. The molecular formula is C27H37N3O2S. The van der Waals surface area contributed by atoms with E-state index < -0.39 is 0 Å². The zero-order chi connectivity index (χ0) is 24.9. The first-order chi connectivity index (χ1) is 15.7. The second-order valence-electron chi connectivity index (χ2n) is 8.04. The minimum absolute atomic E-state index is 0.294. The van der Waals surface area contributed by atoms with E-state index in [0.29, 0.717) is 18.2 Å². The summed E-state index contributed by atoms with van der Waals surface area (Å²) in [4.78, 5) is 2.86. The van der Waals surface area contributed by atoms with Crippen LogP contribution in [0.2, 0.25) is 0 Å². The van der Waals surface area contributed by atoms with Gasteiger partial charge in [-0.25, -0.2) is 0 Å². The van der Waals surface area contributed by atoms with Gasteiger partial charge in [0.25, 0.3) is 0 Å². The van der Waals surface area contributed by atoms with Crippen LogP contribution < -0.4 is 15.4 Å². The molecule has 0 aliphatic heterocycles. The summed E-state index contributed by atoms with van der Waals surface area (Å²) in [6.07, 6.45) is 3.55. The van der Waals surface area contributed by atoms with Crippen LogP contribution >= 0.6 is 12.2 Å². The summed E-state index contributed by atoms with van der Waals surface area (Å²) in [7, 11) is 3.20. The lowest BCUT2D eigenvalue weighted by molar-refractivity contribution is 0.416. The van der Waals surface area contributed by atoms with Crippen molar-refractivity contribution in [2.24, 2.45) is 5.73 Å². The number of thiocarbonyl (C=S) groups is 1. The Morgan fingerprint density at radius 1 is 1.21 bits per heavy atom. The summed E-state index contributed by atoms with van der Waals surface area (Å²) >= 11 is 5.83. The molecule has 0 atom stereocenters. The van der Waals surface area contributed by atoms with Gasteiger partial charge in [0.05, 0.1) is 23.3 Å². The monoisotopic (exact) mass is 467 g/mol. The van der Waals surface area contributed by atoms with Crippen molar-refractivity contribution >= 4 is 39.5 Å². The van der Waals surface area contributed by atoms with Gasteiger partial charge < -0.3 is 25.0 Å². The van der Waals surface area contributed by atoms with Crippen molar-refractivity contribution in [3.63, 3.8) is 0 Å². The third-order valence-electron chi connectivity index (χ3n) is 5.77. The first-order valence-corrected chi connectivity index (χ1v) is 11.8. The fourth-order valence-corrected chi connectivity index (χ4v) is 4.28. The number of nitrogens with zero attached hydrogens (tertiary/aromatic N) is 2. The molecule has 1 aromatic heterocycles. The van der Waals surface area contributed by atoms with E-state index in [4.69, 9.17) is 17.0 Å². The van der Waals surface area contributed by atoms with Crippen molar-refractivity contribution in [1.82, 2.24) is 4.57 Å². The number of aryl methyl sites for hydroxylation is 2. The van der Waals surface area contributed by atoms with Gasteiger partial charge in [-0.15, -0.1) is 0 Å². The third kappa shape index (κ3) is 5.07. The van der Waals surface area contributed by atoms with Crippen LogP contribution in [0, 0.1) is 6.92 Å². The van der Waals surface area contributed by atoms with Crippen LogP contribution in [0.25, 0.3) is 16.6 Å². The molecule has 178 valence electrons. The van der Waals surface area contributed by atoms with Crippen molar-refractivity contribution in [2.75, 3.05) is 19.1 Å². The fraction of sp³-hybridized carbons (Fsp3) is 0.370. The zero-order valence-corrected chi connectivity index (χ0v) is 21.7. The highest BCUT2D eigenvalue weighted by Crippen LogP contribution is 2.40. The number of hydrogen-bond acceptors (Lipinski definition) is 4. The summed E-state index contributed by atoms with van der Waals surface area (Å²) < 4.78 is 7.90. The smallest absolute Gasteiger partial charge is 0.143 e. The van der Waals surface area contributed by atoms with Gasteiger partial charge >= 0.3 is 0 Å². The maximum atomic E-state index is 10.3. The average Bonchev–Trinajstić information content (AvgIpc) is 3.26. The molecular weight excluding hydrogens is 430 g/mol. The molecule has 5 nitrogen and oxygen atoms in total. The minimum Gasteiger partial charge on any atom is -0.508 e. The molecule has 6 heteroatoms. The number of aromatic nitrogens is 1. The molecule has 3 aromatic rings. The van der Waals surface area contributed by atoms with Crippen molar-refractivity contribution in [3.8, 4) is 11.5 Å². The Balaban J connectivity index is 0.00000187. The molecule has 0 saturated carbocycles. The maximum Gasteiger partial charge on any atom is 0.143 e. The Morgan fingerprint density at radius 2 is 1.88 bits per heavy atom. The summed E-state index contributed by atoms with van der Waals surface area (Å²) in [5, 5.41) is 11.3. The molecule has 3 rings (SSSR count). The van der Waals surface area contributed by atoms with Gasteiger partial charge in [-0.2, -0.15) is 0 Å². The van der Waals surface area contributed by atoms with E-state index in [2.05, 4.69) is 60.9 Å². The van der Waals surface area contributed by atoms with Gasteiger partial charge in [-0.1, -0.05) is 32.6 Å². The Kier molecular flexibility index (Phi) is 9.08. The molecule has 0 bridgehead atoms. The second-order valence-corrected chi connectivity index (χ2v) is 8.52. The highest BCUT2D eigenvalue weighted by Gasteiger charge is 2.23. The van der Waals surface area contributed by atoms with E-state index in [1.54, 1.807) is 7.11 Å². The minimum atomic E-state index is 0.294. The van der Waals surface area contributed by atoms with E-state index in [-0.39, 0.29) is 0 Å². The average molecular weight is 468 g/mol. The van der Waals surface area contributed by atoms with Crippen LogP contribution in [-0.2, 0) is 6.42 Å². The molecule has 0 aliphatic rings. The third-order valence-corrected chi connectivity index (χ3v) is 6.24. The molecule has 0 radical (unpaired) electrons. The van der Waals surface area contributed by atoms with Gasteiger partial charge in [0.15, 0.2) is 0 Å². The number of benzene rings is 2. The molecule has 0 amide bonds. The number of hydrogen-bond donors (Lipinski definition) is 2. The maximum absolute atomic E-state index is 10.3. The van der Waals surface area contributed by atoms with E-state index in [0.717, 1.165) is 56.1 Å². The molecule has 0 fully saturated rings. The van der Waals surface area contributed by atoms with Crippen LogP contribution in [-0.4, -0.2) is 28.8 Å². The Morgan fingerprint density at radius 3 is 2.42 bits per heavy atom. The predicted molar refractivity (Wildman–Crippen MR) is 146 cm³/mol. The lowest BCUT2D eigenvalue weighted by atomic mass is 9.99. The van der Waals surface area contributed by atoms with Crippen molar-refractivity contribution in [1.29, 1.82) is 0 Å². The van der Waals surface area contributed by atoms with Gasteiger partial charge in [0.1, 0.15) is 11.5 Å². The largest absolute Gasteiger partial charge is 0.508 e. The summed E-state index contributed by atoms with van der Waals surface area (Å²) in [6.45, 7) is 14.8. The van der Waals surface area contributed by atoms with Crippen molar-refractivity contribution in [2.45, 2.75) is 53.5 Å². The normalized spacial score (nSPS) is 10.7. The van der Waals surface area contributed by atoms with Crippen LogP contribution in [0.5, 0.6) is 11.5 Å². The Hall–Kier alpha value is -2.83. The van der Waals surface area contributed by atoms with Crippen LogP contribution in [0.1, 0.15) is 56.8 Å². The van der Waals surface area contributed by atoms with Gasteiger partial charge in [0.2, 0.25) is 0 Å². The van der Waals surface area contributed by atoms with Gasteiger partial charge in [0, 0.05) is 28.9 Å². The SMILES string of the molecule is C=C(c1cc(CC)c(O)cc1C)N(C(=S)CC)c1ccc(OC)c2c1ccn2C(C)C.CN. The van der Waals surface area contributed by atoms with Gasteiger partial charge in [-0.05, 0) is 82.1 Å². The first-order valence-electron chi connectivity index (χ1n) is 11.3. The molecule has 0 saturated heterocycles. The number of rotatable bonds is 7. The fourth-order valence-electron chi connectivity index (χ4n) is 4.07. The number of anilines is 1. The van der Waals surface area contributed by atoms with Crippen LogP contribution in [0.3, 0.4) is 0 Å². The summed E-state index contributed by atoms with van der Waals surface area (Å²) in [5.41, 5.74) is 10.2. The number of aromatic hydroxyl groups is 1. The Labute approximate surface area is 203 Å². The number of phenols is 1. The second kappa shape index (κ2) is 11.3. The summed E-state index contributed by atoms with van der Waals surface area (Å²) in [6, 6.07) is 10.3. The topological polar surface area (TPSA) is 63.7 Å². The van der Waals surface area contributed by atoms with E-state index in [9.17, 15) is 5.11 Å². The van der Waals surface area contributed by atoms with Crippen molar-refractivity contribution < 1.29 is 9.84 Å². The molecule has 0 aliphatic carbocycles. The number of nitrogens with two attached hydrogens (primary N) is 1. The highest BCUT2D eigenvalue weighted by molar-refractivity contribution is 7.80. The highest BCUT2D eigenvalue weighted by atomic mass is 32.1. The van der Waals surface area contributed by atoms with E-state index in [1.165, 1.54) is 7.05 Å². The molecule has 0 spiro atoms. The number of methoxy groups -OCH3 is 1. The van der Waals surface area contributed by atoms with Crippen LogP contribution in [0.4, 0.5) is 5.69 Å². The number of ether oxygens (including phenoxy) is 1. The molecule has 33 heavy (non-hydrogen) atoms. The molecule has 1 heterocycles. The first kappa shape index (κ1) is 26.4. The van der Waals surface area contributed by atoms with E-state index in [1.807, 2.05) is 32.0 Å². The van der Waals surface area contributed by atoms with Crippen LogP contribution in [0.15, 0.2) is 43.1 Å². The zero-order valence-electron chi connectivity index (χ0n) is 20.9. The molecule has 0 unspecified atom stereocenters. The lowest BCUT2D eigenvalue weighted by Gasteiger charge is -2.29. The number of phenolic OH excluding ortho intramolecular Hbond substituents is 1. The molecule has 2 aromatic carbocycles. The lowest BCUT2D eigenvalue weighted by Crippen LogP contribution is -2.27. The van der Waals surface area contributed by atoms with Gasteiger partial charge in [-0.3, -0.25) is 0 Å². The Bertz CT molecular complexity index is 1150. The van der Waals surface area contributed by atoms with Crippen molar-refractivity contribution in [3.05, 3.63) is 59.8 Å².